The Hall–Kier alpha value is -3.21. The molecule has 0 aliphatic heterocycles. The molecule has 2 aliphatic carbocycles. The molecule has 0 heterocycles. The first-order valence-corrected chi connectivity index (χ1v) is 12.6. The first kappa shape index (κ1) is 24.9. The molecule has 2 aromatic rings. The number of rotatable bonds is 8. The number of carbonyl (C=O) groups excluding carboxylic acids is 1. The molecule has 2 fully saturated rings. The third kappa shape index (κ3) is 5.55. The first-order chi connectivity index (χ1) is 16.7. The van der Waals surface area contributed by atoms with Gasteiger partial charge in [-0.05, 0) is 80.5 Å². The van der Waals surface area contributed by atoms with Crippen molar-refractivity contribution in [3.8, 4) is 0 Å². The summed E-state index contributed by atoms with van der Waals surface area (Å²) in [6.07, 6.45) is 6.35. The second-order valence-corrected chi connectivity index (χ2v) is 10.2. The van der Waals surface area contributed by atoms with Gasteiger partial charge < -0.3 is 10.2 Å². The fourth-order valence-electron chi connectivity index (χ4n) is 5.68. The average Bonchev–Trinajstić information content (AvgIpc) is 3.45. The molecular formula is C30H34O5. The van der Waals surface area contributed by atoms with E-state index >= 15 is 0 Å². The zero-order valence-corrected chi connectivity index (χ0v) is 20.5. The van der Waals surface area contributed by atoms with Crippen LogP contribution in [-0.2, 0) is 27.2 Å². The summed E-state index contributed by atoms with van der Waals surface area (Å²) in [5.41, 5.74) is 6.66. The van der Waals surface area contributed by atoms with Crippen LogP contribution >= 0.6 is 0 Å². The van der Waals surface area contributed by atoms with E-state index in [1.165, 1.54) is 16.7 Å². The van der Waals surface area contributed by atoms with Crippen molar-refractivity contribution in [3.63, 3.8) is 0 Å². The van der Waals surface area contributed by atoms with Gasteiger partial charge in [0.1, 0.15) is 5.78 Å². The number of carboxylic acids is 2. The molecule has 5 nitrogen and oxygen atoms in total. The summed E-state index contributed by atoms with van der Waals surface area (Å²) >= 11 is 0. The van der Waals surface area contributed by atoms with Crippen molar-refractivity contribution in [2.45, 2.75) is 70.6 Å². The Labute approximate surface area is 206 Å². The highest BCUT2D eigenvalue weighted by Gasteiger charge is 2.35. The highest BCUT2D eigenvalue weighted by Crippen LogP contribution is 2.43. The molecule has 0 aromatic heterocycles. The van der Waals surface area contributed by atoms with Crippen LogP contribution in [0.25, 0.3) is 0 Å². The maximum absolute atomic E-state index is 12.9. The number of benzene rings is 2. The topological polar surface area (TPSA) is 91.7 Å². The van der Waals surface area contributed by atoms with Gasteiger partial charge in [-0.1, -0.05) is 59.7 Å². The zero-order chi connectivity index (χ0) is 25.1. The molecule has 0 saturated heterocycles. The SMILES string of the molecule is CC(C(=O)O)c1ccc(CC2CCCC2=C2CCC(=O)C2Cc2ccc(C(C)C(=O)O)cc2)cc1. The largest absolute Gasteiger partial charge is 0.481 e. The number of hydrogen-bond donors (Lipinski definition) is 2. The molecule has 184 valence electrons. The quantitative estimate of drug-likeness (QED) is 0.463. The van der Waals surface area contributed by atoms with Crippen LogP contribution < -0.4 is 0 Å². The number of aliphatic carboxylic acids is 2. The standard InChI is InChI=1S/C30H34O5/c1-18(29(32)33)22-10-6-20(7-11-22)16-24-4-3-5-25(24)26-14-15-28(31)27(26)17-21-8-12-23(13-9-21)19(2)30(34)35/h6-13,18-19,24,27H,3-5,14-17H2,1-2H3,(H,32,33)(H,34,35). The van der Waals surface area contributed by atoms with E-state index in [2.05, 4.69) is 0 Å². The van der Waals surface area contributed by atoms with Gasteiger partial charge in [-0.3, -0.25) is 14.4 Å². The minimum atomic E-state index is -0.839. The van der Waals surface area contributed by atoms with Crippen LogP contribution in [0.1, 0.15) is 80.0 Å². The Bertz CT molecular complexity index is 1130. The minimum Gasteiger partial charge on any atom is -0.481 e. The van der Waals surface area contributed by atoms with Gasteiger partial charge in [-0.15, -0.1) is 0 Å². The van der Waals surface area contributed by atoms with E-state index in [1.54, 1.807) is 13.8 Å². The smallest absolute Gasteiger partial charge is 0.310 e. The molecule has 0 amide bonds. The Morgan fingerprint density at radius 3 is 1.80 bits per heavy atom. The summed E-state index contributed by atoms with van der Waals surface area (Å²) in [5.74, 6) is -2.05. The Balaban J connectivity index is 1.50. The molecule has 2 aromatic carbocycles. The number of carboxylic acid groups (broad SMARTS) is 2. The average molecular weight is 475 g/mol. The molecule has 0 bridgehead atoms. The maximum atomic E-state index is 12.9. The molecular weight excluding hydrogens is 440 g/mol. The van der Waals surface area contributed by atoms with Gasteiger partial charge in [0.2, 0.25) is 0 Å². The lowest BCUT2D eigenvalue weighted by Gasteiger charge is -2.20. The normalized spacial score (nSPS) is 23.9. The molecule has 2 saturated carbocycles. The zero-order valence-electron chi connectivity index (χ0n) is 20.5. The van der Waals surface area contributed by atoms with Crippen molar-refractivity contribution in [2.24, 2.45) is 11.8 Å². The van der Waals surface area contributed by atoms with Crippen molar-refractivity contribution in [2.75, 3.05) is 0 Å². The summed E-state index contributed by atoms with van der Waals surface area (Å²) in [5, 5.41) is 18.5. The van der Waals surface area contributed by atoms with Crippen LogP contribution in [0.15, 0.2) is 59.7 Å². The van der Waals surface area contributed by atoms with Crippen molar-refractivity contribution in [1.29, 1.82) is 0 Å². The summed E-state index contributed by atoms with van der Waals surface area (Å²) in [7, 11) is 0. The van der Waals surface area contributed by atoms with E-state index in [-0.39, 0.29) is 5.92 Å². The van der Waals surface area contributed by atoms with Crippen LogP contribution in [0.5, 0.6) is 0 Å². The molecule has 4 rings (SSSR count). The van der Waals surface area contributed by atoms with Crippen LogP contribution in [0, 0.1) is 11.8 Å². The summed E-state index contributed by atoms with van der Waals surface area (Å²) in [6, 6.07) is 15.6. The van der Waals surface area contributed by atoms with Gasteiger partial charge in [-0.25, -0.2) is 0 Å². The van der Waals surface area contributed by atoms with E-state index < -0.39 is 23.8 Å². The third-order valence-corrected chi connectivity index (χ3v) is 7.98. The Kier molecular flexibility index (Phi) is 7.54. The predicted octanol–water partition coefficient (Wildman–Crippen LogP) is 5.92. The van der Waals surface area contributed by atoms with E-state index in [0.717, 1.165) is 48.8 Å². The van der Waals surface area contributed by atoms with Crippen molar-refractivity contribution in [1.82, 2.24) is 0 Å². The highest BCUT2D eigenvalue weighted by atomic mass is 16.4. The minimum absolute atomic E-state index is 0.0767. The van der Waals surface area contributed by atoms with Gasteiger partial charge in [-0.2, -0.15) is 0 Å². The second kappa shape index (κ2) is 10.6. The third-order valence-electron chi connectivity index (χ3n) is 7.98. The number of hydrogen-bond acceptors (Lipinski definition) is 3. The molecule has 0 spiro atoms. The molecule has 4 unspecified atom stereocenters. The number of allylic oxidation sites excluding steroid dienone is 2. The highest BCUT2D eigenvalue weighted by molar-refractivity contribution is 5.87. The van der Waals surface area contributed by atoms with E-state index in [9.17, 15) is 24.6 Å². The van der Waals surface area contributed by atoms with Gasteiger partial charge in [0.05, 0.1) is 11.8 Å². The van der Waals surface area contributed by atoms with Crippen LogP contribution in [-0.4, -0.2) is 27.9 Å². The van der Waals surface area contributed by atoms with Crippen molar-refractivity contribution >= 4 is 17.7 Å². The number of carbonyl (C=O) groups is 3. The Morgan fingerprint density at radius 1 is 0.771 bits per heavy atom. The van der Waals surface area contributed by atoms with Crippen molar-refractivity contribution in [3.05, 3.63) is 81.9 Å². The predicted molar refractivity (Wildman–Crippen MR) is 134 cm³/mol. The summed E-state index contributed by atoms with van der Waals surface area (Å²) < 4.78 is 0. The van der Waals surface area contributed by atoms with Gasteiger partial charge in [0, 0.05) is 12.3 Å². The van der Waals surface area contributed by atoms with E-state index in [0.29, 0.717) is 24.5 Å². The fraction of sp³-hybridized carbons (Fsp3) is 0.433. The van der Waals surface area contributed by atoms with Crippen LogP contribution in [0.3, 0.4) is 0 Å². The molecule has 2 N–H and O–H groups in total. The fourth-order valence-corrected chi connectivity index (χ4v) is 5.68. The lowest BCUT2D eigenvalue weighted by molar-refractivity contribution is -0.139. The van der Waals surface area contributed by atoms with Crippen molar-refractivity contribution < 1.29 is 24.6 Å². The van der Waals surface area contributed by atoms with Crippen LogP contribution in [0.4, 0.5) is 0 Å². The van der Waals surface area contributed by atoms with Gasteiger partial charge in [0.25, 0.3) is 0 Å². The maximum Gasteiger partial charge on any atom is 0.310 e. The summed E-state index contributed by atoms with van der Waals surface area (Å²) in [4.78, 5) is 35.4. The Morgan fingerprint density at radius 2 is 1.29 bits per heavy atom. The summed E-state index contributed by atoms with van der Waals surface area (Å²) in [6.45, 7) is 3.38. The first-order valence-electron chi connectivity index (χ1n) is 12.6. The molecule has 5 heteroatoms. The molecule has 35 heavy (non-hydrogen) atoms. The second-order valence-electron chi connectivity index (χ2n) is 10.2. The van der Waals surface area contributed by atoms with E-state index in [4.69, 9.17) is 0 Å². The number of Topliss-reactive ketones (excluding diaryl/α,β-unsaturated/α-hetero) is 1. The van der Waals surface area contributed by atoms with Gasteiger partial charge >= 0.3 is 11.9 Å². The molecule has 4 atom stereocenters. The van der Waals surface area contributed by atoms with Gasteiger partial charge in [0.15, 0.2) is 0 Å². The molecule has 2 aliphatic rings. The van der Waals surface area contributed by atoms with E-state index in [1.807, 2.05) is 48.5 Å². The number of ketones is 1. The monoisotopic (exact) mass is 474 g/mol. The van der Waals surface area contributed by atoms with Crippen LogP contribution in [0.2, 0.25) is 0 Å². The lowest BCUT2D eigenvalue weighted by Crippen LogP contribution is -2.15. The lowest BCUT2D eigenvalue weighted by atomic mass is 9.84. The molecule has 0 radical (unpaired) electrons.